The molecule has 0 aliphatic rings. The number of hydrogen-bond acceptors (Lipinski definition) is 4. The van der Waals surface area contributed by atoms with Crippen molar-refractivity contribution in [2.75, 3.05) is 12.4 Å². The van der Waals surface area contributed by atoms with Crippen molar-refractivity contribution >= 4 is 28.7 Å². The Balaban J connectivity index is 1.89. The summed E-state index contributed by atoms with van der Waals surface area (Å²) in [6.45, 7) is 1.95. The van der Waals surface area contributed by atoms with Crippen LogP contribution in [0.25, 0.3) is 0 Å². The number of para-hydroxylation sites is 2. The van der Waals surface area contributed by atoms with Crippen LogP contribution in [0.4, 0.5) is 5.69 Å². The first-order valence-electron chi connectivity index (χ1n) is 6.62. The van der Waals surface area contributed by atoms with E-state index >= 15 is 0 Å². The Morgan fingerprint density at radius 2 is 1.90 bits per heavy atom. The number of benzene rings is 1. The second-order valence-corrected chi connectivity index (χ2v) is 5.87. The van der Waals surface area contributed by atoms with Crippen LogP contribution in [-0.2, 0) is 4.79 Å². The first-order chi connectivity index (χ1) is 10.1. The number of methoxy groups -OCH3 is 1. The molecule has 1 amide bonds. The zero-order chi connectivity index (χ0) is 15.2. The summed E-state index contributed by atoms with van der Waals surface area (Å²) in [5.41, 5.74) is 0.615. The van der Waals surface area contributed by atoms with Crippen LogP contribution in [0.1, 0.15) is 27.4 Å². The van der Waals surface area contributed by atoms with Crippen molar-refractivity contribution in [3.8, 4) is 5.75 Å². The lowest BCUT2D eigenvalue weighted by atomic mass is 10.2. The van der Waals surface area contributed by atoms with Crippen molar-refractivity contribution in [1.82, 2.24) is 0 Å². The number of carbonyl (C=O) groups is 2. The van der Waals surface area contributed by atoms with Crippen molar-refractivity contribution in [3.63, 3.8) is 0 Å². The Hall–Kier alpha value is -2.14. The number of anilines is 1. The van der Waals surface area contributed by atoms with E-state index in [-0.39, 0.29) is 24.5 Å². The zero-order valence-corrected chi connectivity index (χ0v) is 12.8. The van der Waals surface area contributed by atoms with E-state index in [1.807, 2.05) is 25.1 Å². The molecule has 0 radical (unpaired) electrons. The lowest BCUT2D eigenvalue weighted by molar-refractivity contribution is -0.116. The molecule has 2 rings (SSSR count). The number of carbonyl (C=O) groups excluding carboxylic acids is 2. The molecule has 0 aliphatic heterocycles. The molecule has 1 aromatic carbocycles. The number of ether oxygens (including phenoxy) is 1. The van der Waals surface area contributed by atoms with E-state index in [2.05, 4.69) is 5.32 Å². The second kappa shape index (κ2) is 7.04. The van der Waals surface area contributed by atoms with Crippen molar-refractivity contribution < 1.29 is 14.3 Å². The molecule has 0 aliphatic carbocycles. The number of Topliss-reactive ketones (excluding diaryl/α,β-unsaturated/α-hetero) is 1. The highest BCUT2D eigenvalue weighted by Gasteiger charge is 2.12. The Bertz CT molecular complexity index is 648. The molecule has 0 unspecified atom stereocenters. The fraction of sp³-hybridized carbons (Fsp3) is 0.250. The van der Waals surface area contributed by atoms with Crippen LogP contribution in [-0.4, -0.2) is 18.8 Å². The molecule has 0 saturated carbocycles. The monoisotopic (exact) mass is 303 g/mol. The van der Waals surface area contributed by atoms with Crippen LogP contribution < -0.4 is 10.1 Å². The van der Waals surface area contributed by atoms with Crippen LogP contribution in [0, 0.1) is 6.92 Å². The SMILES string of the molecule is COc1ccccc1NC(=O)CCC(=O)c1ccc(C)s1. The maximum absolute atomic E-state index is 11.9. The van der Waals surface area contributed by atoms with Gasteiger partial charge in [0.05, 0.1) is 17.7 Å². The standard InChI is InChI=1S/C16H17NO3S/c1-11-7-9-15(21-11)13(18)8-10-16(19)17-12-5-3-4-6-14(12)20-2/h3-7,9H,8,10H2,1-2H3,(H,17,19). The molecular weight excluding hydrogens is 286 g/mol. The molecule has 0 saturated heterocycles. The average molecular weight is 303 g/mol. The van der Waals surface area contributed by atoms with E-state index in [9.17, 15) is 9.59 Å². The van der Waals surface area contributed by atoms with Crippen LogP contribution >= 0.6 is 11.3 Å². The third-order valence-electron chi connectivity index (χ3n) is 2.98. The van der Waals surface area contributed by atoms with Gasteiger partial charge in [-0.05, 0) is 31.2 Å². The Labute approximate surface area is 127 Å². The van der Waals surface area contributed by atoms with Crippen molar-refractivity contribution in [1.29, 1.82) is 0 Å². The molecular formula is C16H17NO3S. The third kappa shape index (κ3) is 4.16. The Morgan fingerprint density at radius 3 is 2.57 bits per heavy atom. The number of thiophene rings is 1. The van der Waals surface area contributed by atoms with Gasteiger partial charge in [0.2, 0.25) is 5.91 Å². The molecule has 0 fully saturated rings. The molecule has 1 aromatic heterocycles. The summed E-state index contributed by atoms with van der Waals surface area (Å²) in [5.74, 6) is 0.412. The van der Waals surface area contributed by atoms with E-state index in [0.29, 0.717) is 16.3 Å². The van der Waals surface area contributed by atoms with Crippen molar-refractivity contribution in [2.45, 2.75) is 19.8 Å². The summed E-state index contributed by atoms with van der Waals surface area (Å²) in [6.07, 6.45) is 0.370. The van der Waals surface area contributed by atoms with Gasteiger partial charge in [0.25, 0.3) is 0 Å². The summed E-state index contributed by atoms with van der Waals surface area (Å²) in [7, 11) is 1.55. The molecule has 2 aromatic rings. The zero-order valence-electron chi connectivity index (χ0n) is 12.0. The van der Waals surface area contributed by atoms with Gasteiger partial charge in [0.15, 0.2) is 5.78 Å². The van der Waals surface area contributed by atoms with Crippen molar-refractivity contribution in [3.05, 3.63) is 46.2 Å². The van der Waals surface area contributed by atoms with Gasteiger partial charge in [-0.2, -0.15) is 0 Å². The van der Waals surface area contributed by atoms with Gasteiger partial charge in [-0.25, -0.2) is 0 Å². The average Bonchev–Trinajstić information content (AvgIpc) is 2.92. The summed E-state index contributed by atoms with van der Waals surface area (Å²) >= 11 is 1.46. The quantitative estimate of drug-likeness (QED) is 0.828. The van der Waals surface area contributed by atoms with Gasteiger partial charge in [-0.1, -0.05) is 12.1 Å². The summed E-state index contributed by atoms with van der Waals surface area (Å²) in [6, 6.07) is 10.9. The predicted octanol–water partition coefficient (Wildman–Crippen LogP) is 3.67. The number of nitrogens with one attached hydrogen (secondary N) is 1. The lowest BCUT2D eigenvalue weighted by Crippen LogP contribution is -2.13. The summed E-state index contributed by atoms with van der Waals surface area (Å²) in [5, 5.41) is 2.76. The largest absolute Gasteiger partial charge is 0.495 e. The first-order valence-corrected chi connectivity index (χ1v) is 7.44. The lowest BCUT2D eigenvalue weighted by Gasteiger charge is -2.09. The molecule has 21 heavy (non-hydrogen) atoms. The minimum Gasteiger partial charge on any atom is -0.495 e. The minimum absolute atomic E-state index is 0.00303. The minimum atomic E-state index is -0.193. The number of hydrogen-bond donors (Lipinski definition) is 1. The van der Waals surface area contributed by atoms with Gasteiger partial charge in [-0.15, -0.1) is 11.3 Å². The summed E-state index contributed by atoms with van der Waals surface area (Å²) in [4.78, 5) is 25.7. The maximum atomic E-state index is 11.9. The molecule has 5 heteroatoms. The number of rotatable bonds is 6. The summed E-state index contributed by atoms with van der Waals surface area (Å²) < 4.78 is 5.16. The van der Waals surface area contributed by atoms with Gasteiger partial charge in [0, 0.05) is 17.7 Å². The highest BCUT2D eigenvalue weighted by molar-refractivity contribution is 7.14. The van der Waals surface area contributed by atoms with Crippen molar-refractivity contribution in [2.24, 2.45) is 0 Å². The molecule has 0 atom stereocenters. The van der Waals surface area contributed by atoms with E-state index in [4.69, 9.17) is 4.74 Å². The van der Waals surface area contributed by atoms with E-state index < -0.39 is 0 Å². The van der Waals surface area contributed by atoms with E-state index in [1.165, 1.54) is 11.3 Å². The molecule has 0 spiro atoms. The van der Waals surface area contributed by atoms with Gasteiger partial charge in [0.1, 0.15) is 5.75 Å². The molecule has 1 heterocycles. The Morgan fingerprint density at radius 1 is 1.14 bits per heavy atom. The molecule has 0 bridgehead atoms. The van der Waals surface area contributed by atoms with Crippen LogP contribution in [0.3, 0.4) is 0 Å². The van der Waals surface area contributed by atoms with E-state index in [1.54, 1.807) is 25.3 Å². The highest BCUT2D eigenvalue weighted by Crippen LogP contribution is 2.23. The second-order valence-electron chi connectivity index (χ2n) is 4.58. The first kappa shape index (κ1) is 15.3. The third-order valence-corrected chi connectivity index (χ3v) is 4.02. The number of amides is 1. The van der Waals surface area contributed by atoms with Crippen LogP contribution in [0.2, 0.25) is 0 Å². The Kier molecular flexibility index (Phi) is 5.11. The topological polar surface area (TPSA) is 55.4 Å². The fourth-order valence-electron chi connectivity index (χ4n) is 1.90. The van der Waals surface area contributed by atoms with Gasteiger partial charge in [-0.3, -0.25) is 9.59 Å². The van der Waals surface area contributed by atoms with E-state index in [0.717, 1.165) is 4.88 Å². The van der Waals surface area contributed by atoms with Crippen LogP contribution in [0.5, 0.6) is 5.75 Å². The van der Waals surface area contributed by atoms with Gasteiger partial charge >= 0.3 is 0 Å². The normalized spacial score (nSPS) is 10.2. The van der Waals surface area contributed by atoms with Gasteiger partial charge < -0.3 is 10.1 Å². The number of aryl methyl sites for hydroxylation is 1. The molecule has 4 nitrogen and oxygen atoms in total. The highest BCUT2D eigenvalue weighted by atomic mass is 32.1. The smallest absolute Gasteiger partial charge is 0.224 e. The van der Waals surface area contributed by atoms with Crippen LogP contribution in [0.15, 0.2) is 36.4 Å². The molecule has 1 N–H and O–H groups in total. The fourth-order valence-corrected chi connectivity index (χ4v) is 2.73. The molecule has 110 valence electrons. The predicted molar refractivity (Wildman–Crippen MR) is 84.2 cm³/mol. The maximum Gasteiger partial charge on any atom is 0.224 e. The number of ketones is 1.